The second-order valence-corrected chi connectivity index (χ2v) is 7.65. The summed E-state index contributed by atoms with van der Waals surface area (Å²) in [5.41, 5.74) is 0.00844. The van der Waals surface area contributed by atoms with Gasteiger partial charge in [-0.1, -0.05) is 31.2 Å². The average Bonchev–Trinajstić information content (AvgIpc) is 2.85. The van der Waals surface area contributed by atoms with E-state index in [0.717, 1.165) is 24.1 Å². The molecule has 0 aliphatic rings. The Kier molecular flexibility index (Phi) is 6.91. The molecule has 36 heavy (non-hydrogen) atoms. The van der Waals surface area contributed by atoms with Crippen molar-refractivity contribution in [2.24, 2.45) is 0 Å². The summed E-state index contributed by atoms with van der Waals surface area (Å²) in [7, 11) is 0. The molecular formula is C27H18F4O5. The largest absolute Gasteiger partial charge is 0.453 e. The van der Waals surface area contributed by atoms with Gasteiger partial charge < -0.3 is 13.9 Å². The lowest BCUT2D eigenvalue weighted by Gasteiger charge is -2.13. The first-order chi connectivity index (χ1) is 17.1. The van der Waals surface area contributed by atoms with Crippen molar-refractivity contribution in [2.45, 2.75) is 19.5 Å². The maximum Gasteiger partial charge on any atom is 0.453 e. The fraction of sp³-hybridized carbons (Fsp3) is 0.111. The van der Waals surface area contributed by atoms with E-state index in [9.17, 15) is 27.2 Å². The summed E-state index contributed by atoms with van der Waals surface area (Å²) in [4.78, 5) is 25.0. The molecule has 0 saturated heterocycles. The Hall–Kier alpha value is -4.40. The monoisotopic (exact) mass is 498 g/mol. The predicted octanol–water partition coefficient (Wildman–Crippen LogP) is 6.92. The Balaban J connectivity index is 1.64. The predicted molar refractivity (Wildman–Crippen MR) is 124 cm³/mol. The molecule has 0 radical (unpaired) electrons. The molecule has 5 nitrogen and oxygen atoms in total. The van der Waals surface area contributed by atoms with Crippen LogP contribution in [0.15, 0.2) is 82.0 Å². The third kappa shape index (κ3) is 5.63. The Morgan fingerprint density at radius 3 is 2.28 bits per heavy atom. The van der Waals surface area contributed by atoms with Crippen LogP contribution >= 0.6 is 0 Å². The molecular weight excluding hydrogens is 480 g/mol. The zero-order valence-electron chi connectivity index (χ0n) is 18.8. The van der Waals surface area contributed by atoms with Crippen molar-refractivity contribution in [3.63, 3.8) is 0 Å². The lowest BCUT2D eigenvalue weighted by atomic mass is 10.1. The number of aryl methyl sites for hydroxylation is 1. The summed E-state index contributed by atoms with van der Waals surface area (Å²) >= 11 is 0. The number of hydrogen-bond acceptors (Lipinski definition) is 5. The molecule has 0 fully saturated rings. The van der Waals surface area contributed by atoms with E-state index in [2.05, 4.69) is 0 Å². The van der Waals surface area contributed by atoms with Crippen molar-refractivity contribution in [1.29, 1.82) is 0 Å². The quantitative estimate of drug-likeness (QED) is 0.125. The SMILES string of the molecule is CCc1ccc(Oc2c(C(F)(F)F)oc3cc(OC(=O)C=Cc4ccc(F)cc4)ccc3c2=O)cc1. The summed E-state index contributed by atoms with van der Waals surface area (Å²) in [6.07, 6.45) is -1.87. The Morgan fingerprint density at radius 2 is 1.64 bits per heavy atom. The lowest BCUT2D eigenvalue weighted by Crippen LogP contribution is -2.15. The third-order valence-corrected chi connectivity index (χ3v) is 5.13. The van der Waals surface area contributed by atoms with Crippen LogP contribution in [0.1, 0.15) is 23.8 Å². The number of carbonyl (C=O) groups excluding carboxylic acids is 1. The molecule has 0 spiro atoms. The molecule has 0 N–H and O–H groups in total. The van der Waals surface area contributed by atoms with Crippen LogP contribution < -0.4 is 14.9 Å². The van der Waals surface area contributed by atoms with Crippen LogP contribution in [0.5, 0.6) is 17.2 Å². The molecule has 184 valence electrons. The molecule has 3 aromatic carbocycles. The molecule has 0 aliphatic carbocycles. The zero-order chi connectivity index (χ0) is 25.9. The minimum absolute atomic E-state index is 0.0443. The Labute approximate surface area is 202 Å². The van der Waals surface area contributed by atoms with Gasteiger partial charge in [-0.25, -0.2) is 9.18 Å². The molecule has 1 aromatic heterocycles. The highest BCUT2D eigenvalue weighted by Gasteiger charge is 2.40. The van der Waals surface area contributed by atoms with Gasteiger partial charge in [-0.3, -0.25) is 4.79 Å². The molecule has 4 rings (SSSR count). The summed E-state index contributed by atoms with van der Waals surface area (Å²) in [6, 6.07) is 15.0. The molecule has 0 unspecified atom stereocenters. The van der Waals surface area contributed by atoms with Gasteiger partial charge in [0.05, 0.1) is 5.39 Å². The standard InChI is InChI=1S/C27H18F4O5/c1-2-16-5-10-19(11-6-16)35-25-24(33)21-13-12-20(15-22(21)36-26(25)27(29,30)31)34-23(32)14-7-17-3-8-18(28)9-4-17/h3-15H,2H2,1H3. The third-order valence-electron chi connectivity index (χ3n) is 5.13. The smallest absolute Gasteiger partial charge is 0.449 e. The first-order valence-electron chi connectivity index (χ1n) is 10.7. The first-order valence-corrected chi connectivity index (χ1v) is 10.7. The maximum atomic E-state index is 13.7. The van der Waals surface area contributed by atoms with Crippen molar-refractivity contribution in [3.8, 4) is 17.2 Å². The van der Waals surface area contributed by atoms with Gasteiger partial charge in [0.15, 0.2) is 0 Å². The number of ether oxygens (including phenoxy) is 2. The molecule has 0 saturated carbocycles. The van der Waals surface area contributed by atoms with Gasteiger partial charge in [0.25, 0.3) is 5.76 Å². The number of rotatable bonds is 6. The van der Waals surface area contributed by atoms with Crippen LogP contribution in [0.4, 0.5) is 17.6 Å². The van der Waals surface area contributed by atoms with E-state index in [1.807, 2.05) is 6.92 Å². The molecule has 0 aliphatic heterocycles. The van der Waals surface area contributed by atoms with E-state index < -0.39 is 40.5 Å². The summed E-state index contributed by atoms with van der Waals surface area (Å²) < 4.78 is 69.6. The van der Waals surface area contributed by atoms with Crippen LogP contribution in [0.25, 0.3) is 17.0 Å². The second kappa shape index (κ2) is 10.1. The summed E-state index contributed by atoms with van der Waals surface area (Å²) in [5.74, 6) is -3.98. The van der Waals surface area contributed by atoms with E-state index in [4.69, 9.17) is 13.9 Å². The van der Waals surface area contributed by atoms with Crippen molar-refractivity contribution in [2.75, 3.05) is 0 Å². The summed E-state index contributed by atoms with van der Waals surface area (Å²) in [6.45, 7) is 1.92. The highest BCUT2D eigenvalue weighted by molar-refractivity contribution is 5.89. The molecule has 0 amide bonds. The van der Waals surface area contributed by atoms with Gasteiger partial charge in [0.1, 0.15) is 22.9 Å². The van der Waals surface area contributed by atoms with E-state index in [1.165, 1.54) is 54.6 Å². The van der Waals surface area contributed by atoms with E-state index in [0.29, 0.717) is 5.56 Å². The molecule has 0 atom stereocenters. The number of halogens is 4. The van der Waals surface area contributed by atoms with Gasteiger partial charge in [-0.2, -0.15) is 13.2 Å². The molecule has 4 aromatic rings. The Morgan fingerprint density at radius 1 is 0.972 bits per heavy atom. The van der Waals surface area contributed by atoms with Crippen LogP contribution in [-0.2, 0) is 17.4 Å². The number of esters is 1. The number of carbonyl (C=O) groups is 1. The van der Waals surface area contributed by atoms with Gasteiger partial charge >= 0.3 is 12.1 Å². The lowest BCUT2D eigenvalue weighted by molar-refractivity contribution is -0.154. The fourth-order valence-electron chi connectivity index (χ4n) is 3.30. The van der Waals surface area contributed by atoms with Crippen LogP contribution in [0.3, 0.4) is 0 Å². The number of alkyl halides is 3. The molecule has 9 heteroatoms. The molecule has 1 heterocycles. The normalized spacial score (nSPS) is 11.7. The average molecular weight is 498 g/mol. The van der Waals surface area contributed by atoms with Crippen molar-refractivity contribution >= 4 is 23.0 Å². The number of hydrogen-bond donors (Lipinski definition) is 0. The second-order valence-electron chi connectivity index (χ2n) is 7.65. The van der Waals surface area contributed by atoms with Gasteiger partial charge in [-0.15, -0.1) is 0 Å². The van der Waals surface area contributed by atoms with Gasteiger partial charge in [-0.05, 0) is 60.0 Å². The fourth-order valence-corrected chi connectivity index (χ4v) is 3.30. The Bertz CT molecular complexity index is 1480. The van der Waals surface area contributed by atoms with Crippen LogP contribution in [-0.4, -0.2) is 5.97 Å². The van der Waals surface area contributed by atoms with Gasteiger partial charge in [0.2, 0.25) is 11.2 Å². The van der Waals surface area contributed by atoms with Crippen LogP contribution in [0, 0.1) is 5.82 Å². The van der Waals surface area contributed by atoms with Gasteiger partial charge in [0, 0.05) is 12.1 Å². The van der Waals surface area contributed by atoms with E-state index in [1.54, 1.807) is 12.1 Å². The highest BCUT2D eigenvalue weighted by Crippen LogP contribution is 2.38. The van der Waals surface area contributed by atoms with Crippen LogP contribution in [0.2, 0.25) is 0 Å². The van der Waals surface area contributed by atoms with E-state index >= 15 is 0 Å². The minimum atomic E-state index is -5.03. The summed E-state index contributed by atoms with van der Waals surface area (Å²) in [5, 5.41) is -0.190. The topological polar surface area (TPSA) is 65.7 Å². The van der Waals surface area contributed by atoms with E-state index in [-0.39, 0.29) is 16.9 Å². The highest BCUT2D eigenvalue weighted by atomic mass is 19.4. The minimum Gasteiger partial charge on any atom is -0.449 e. The van der Waals surface area contributed by atoms with Crippen molar-refractivity contribution in [3.05, 3.63) is 106 Å². The number of fused-ring (bicyclic) bond motifs is 1. The number of benzene rings is 3. The zero-order valence-corrected chi connectivity index (χ0v) is 18.8. The van der Waals surface area contributed by atoms with Crippen molar-refractivity contribution < 1.29 is 36.2 Å². The molecule has 0 bridgehead atoms. The first kappa shape index (κ1) is 24.7. The maximum absolute atomic E-state index is 13.7. The van der Waals surface area contributed by atoms with Crippen molar-refractivity contribution in [1.82, 2.24) is 0 Å².